The highest BCUT2D eigenvalue weighted by Crippen LogP contribution is 2.28. The average Bonchev–Trinajstić information content (AvgIpc) is 2.29. The Bertz CT molecular complexity index is 625. The van der Waals surface area contributed by atoms with Gasteiger partial charge in [0.05, 0.1) is 10.6 Å². The number of aromatic hydroxyl groups is 1. The Hall–Kier alpha value is -2.16. The zero-order chi connectivity index (χ0) is 14.8. The molecule has 0 heterocycles. The van der Waals surface area contributed by atoms with Crippen LogP contribution in [0.1, 0.15) is 6.92 Å². The molecule has 1 aromatic carbocycles. The van der Waals surface area contributed by atoms with E-state index in [9.17, 15) is 28.4 Å². The van der Waals surface area contributed by atoms with Crippen LogP contribution in [0.5, 0.6) is 5.75 Å². The third kappa shape index (κ3) is 3.65. The first-order chi connectivity index (χ1) is 8.62. The molecular weight excluding hydrogens is 276 g/mol. The fourth-order valence-corrected chi connectivity index (χ4v) is 1.61. The number of amides is 1. The summed E-state index contributed by atoms with van der Waals surface area (Å²) in [5, 5.41) is 20.8. The molecule has 0 aliphatic rings. The second-order valence-corrected chi connectivity index (χ2v) is 6.29. The van der Waals surface area contributed by atoms with E-state index in [4.69, 9.17) is 0 Å². The minimum Gasteiger partial charge on any atom is -0.506 e. The zero-order valence-corrected chi connectivity index (χ0v) is 11.0. The number of phenolic OH excluding ortho intramolecular Hbond substituents is 1. The highest BCUT2D eigenvalue weighted by molar-refractivity contribution is 7.92. The number of nitro benzene ring substituents is 1. The molecule has 1 atom stereocenters. The van der Waals surface area contributed by atoms with Gasteiger partial charge in [-0.25, -0.2) is 8.42 Å². The molecule has 0 saturated carbocycles. The number of non-ortho nitro benzene ring substituents is 1. The van der Waals surface area contributed by atoms with E-state index in [0.717, 1.165) is 24.5 Å². The van der Waals surface area contributed by atoms with Gasteiger partial charge in [-0.05, 0) is 13.0 Å². The van der Waals surface area contributed by atoms with Crippen molar-refractivity contribution in [3.8, 4) is 5.75 Å². The molecule has 0 aromatic heterocycles. The highest BCUT2D eigenvalue weighted by Gasteiger charge is 2.24. The lowest BCUT2D eigenvalue weighted by atomic mass is 10.2. The van der Waals surface area contributed by atoms with Gasteiger partial charge in [-0.3, -0.25) is 14.9 Å². The molecule has 9 heteroatoms. The second-order valence-electron chi connectivity index (χ2n) is 3.92. The van der Waals surface area contributed by atoms with Crippen molar-refractivity contribution in [1.82, 2.24) is 0 Å². The van der Waals surface area contributed by atoms with Crippen molar-refractivity contribution in [3.63, 3.8) is 0 Å². The topological polar surface area (TPSA) is 127 Å². The van der Waals surface area contributed by atoms with Crippen LogP contribution in [0.15, 0.2) is 18.2 Å². The van der Waals surface area contributed by atoms with Gasteiger partial charge in [0.2, 0.25) is 5.91 Å². The average molecular weight is 288 g/mol. The molecule has 8 nitrogen and oxygen atoms in total. The summed E-state index contributed by atoms with van der Waals surface area (Å²) in [4.78, 5) is 21.5. The van der Waals surface area contributed by atoms with Crippen LogP contribution >= 0.6 is 0 Å². The summed E-state index contributed by atoms with van der Waals surface area (Å²) in [7, 11) is -3.59. The van der Waals surface area contributed by atoms with Crippen molar-refractivity contribution < 1.29 is 23.2 Å². The van der Waals surface area contributed by atoms with Crippen molar-refractivity contribution in [2.45, 2.75) is 12.2 Å². The van der Waals surface area contributed by atoms with E-state index in [-0.39, 0.29) is 17.1 Å². The number of nitrogens with one attached hydrogen (secondary N) is 1. The second kappa shape index (κ2) is 5.22. The Kier molecular flexibility index (Phi) is 4.10. The lowest BCUT2D eigenvalue weighted by Crippen LogP contribution is -2.31. The van der Waals surface area contributed by atoms with E-state index in [2.05, 4.69) is 5.32 Å². The monoisotopic (exact) mass is 288 g/mol. The summed E-state index contributed by atoms with van der Waals surface area (Å²) in [5.41, 5.74) is -0.546. The molecule has 0 saturated heterocycles. The van der Waals surface area contributed by atoms with Gasteiger partial charge < -0.3 is 10.4 Å². The Balaban J connectivity index is 3.03. The molecule has 0 aliphatic heterocycles. The number of anilines is 1. The molecule has 1 amide bonds. The van der Waals surface area contributed by atoms with Gasteiger partial charge >= 0.3 is 0 Å². The maximum absolute atomic E-state index is 11.6. The molecular formula is C10H12N2O6S. The molecule has 0 radical (unpaired) electrons. The number of rotatable bonds is 4. The number of nitro groups is 1. The van der Waals surface area contributed by atoms with Gasteiger partial charge in [0.1, 0.15) is 11.0 Å². The predicted molar refractivity (Wildman–Crippen MR) is 67.7 cm³/mol. The predicted octanol–water partition coefficient (Wildman–Crippen LogP) is 0.672. The molecule has 0 aliphatic carbocycles. The third-order valence-electron chi connectivity index (χ3n) is 2.46. The number of benzene rings is 1. The summed E-state index contributed by atoms with van der Waals surface area (Å²) in [6, 6.07) is 3.05. The Morgan fingerprint density at radius 1 is 1.47 bits per heavy atom. The van der Waals surface area contributed by atoms with Gasteiger partial charge in [0.25, 0.3) is 5.69 Å². The minimum atomic E-state index is -3.59. The summed E-state index contributed by atoms with van der Waals surface area (Å²) in [6.45, 7) is 1.18. The summed E-state index contributed by atoms with van der Waals surface area (Å²) in [6.07, 6.45) is 0.893. The van der Waals surface area contributed by atoms with Crippen molar-refractivity contribution >= 4 is 27.1 Å². The van der Waals surface area contributed by atoms with Crippen LogP contribution in [0.2, 0.25) is 0 Å². The van der Waals surface area contributed by atoms with Gasteiger partial charge in [-0.2, -0.15) is 0 Å². The number of sulfone groups is 1. The van der Waals surface area contributed by atoms with Crippen LogP contribution in [-0.4, -0.2) is 35.9 Å². The molecule has 0 spiro atoms. The van der Waals surface area contributed by atoms with Gasteiger partial charge in [0, 0.05) is 18.4 Å². The molecule has 1 rings (SSSR count). The number of nitrogens with zero attached hydrogens (tertiary/aromatic N) is 1. The minimum absolute atomic E-state index is 0.213. The Morgan fingerprint density at radius 2 is 2.05 bits per heavy atom. The molecule has 0 bridgehead atoms. The first-order valence-corrected chi connectivity index (χ1v) is 7.05. The quantitative estimate of drug-likeness (QED) is 0.476. The number of hydrogen-bond acceptors (Lipinski definition) is 6. The number of carbonyl (C=O) groups is 1. The van der Waals surface area contributed by atoms with Crippen LogP contribution in [0, 0.1) is 10.1 Å². The first kappa shape index (κ1) is 14.9. The molecule has 2 N–H and O–H groups in total. The van der Waals surface area contributed by atoms with E-state index in [1.54, 1.807) is 0 Å². The molecule has 0 fully saturated rings. The van der Waals surface area contributed by atoms with Crippen LogP contribution < -0.4 is 5.32 Å². The fraction of sp³-hybridized carbons (Fsp3) is 0.300. The lowest BCUT2D eigenvalue weighted by molar-refractivity contribution is -0.384. The third-order valence-corrected chi connectivity index (χ3v) is 3.96. The van der Waals surface area contributed by atoms with Crippen LogP contribution in [0.25, 0.3) is 0 Å². The summed E-state index contributed by atoms with van der Waals surface area (Å²) < 4.78 is 22.4. The summed E-state index contributed by atoms with van der Waals surface area (Å²) >= 11 is 0. The van der Waals surface area contributed by atoms with E-state index in [0.29, 0.717) is 0 Å². The van der Waals surface area contributed by atoms with Gasteiger partial charge in [0.15, 0.2) is 9.84 Å². The first-order valence-electron chi connectivity index (χ1n) is 5.10. The largest absolute Gasteiger partial charge is 0.506 e. The van der Waals surface area contributed by atoms with E-state index in [1.165, 1.54) is 6.92 Å². The van der Waals surface area contributed by atoms with E-state index >= 15 is 0 Å². The van der Waals surface area contributed by atoms with Crippen molar-refractivity contribution in [1.29, 1.82) is 0 Å². The van der Waals surface area contributed by atoms with Gasteiger partial charge in [-0.1, -0.05) is 0 Å². The van der Waals surface area contributed by atoms with E-state index < -0.39 is 25.9 Å². The molecule has 19 heavy (non-hydrogen) atoms. The van der Waals surface area contributed by atoms with Crippen LogP contribution in [0.4, 0.5) is 11.4 Å². The number of carbonyl (C=O) groups excluding carboxylic acids is 1. The van der Waals surface area contributed by atoms with Crippen molar-refractivity contribution in [2.75, 3.05) is 11.6 Å². The van der Waals surface area contributed by atoms with E-state index in [1.807, 2.05) is 0 Å². The smallest absolute Gasteiger partial charge is 0.271 e. The standard InChI is InChI=1S/C10H12N2O6S/c1-6(19(2,17)18)10(14)11-8-5-7(12(15)16)3-4-9(8)13/h3-6,13H,1-2H3,(H,11,14). The lowest BCUT2D eigenvalue weighted by Gasteiger charge is -2.11. The maximum Gasteiger partial charge on any atom is 0.271 e. The molecule has 104 valence electrons. The maximum atomic E-state index is 11.6. The van der Waals surface area contributed by atoms with Crippen LogP contribution in [0.3, 0.4) is 0 Å². The fourth-order valence-electron chi connectivity index (χ4n) is 1.17. The Morgan fingerprint density at radius 3 is 2.53 bits per heavy atom. The normalized spacial score (nSPS) is 12.7. The zero-order valence-electron chi connectivity index (χ0n) is 10.2. The molecule has 1 unspecified atom stereocenters. The highest BCUT2D eigenvalue weighted by atomic mass is 32.2. The van der Waals surface area contributed by atoms with Crippen LogP contribution in [-0.2, 0) is 14.6 Å². The number of hydrogen-bond donors (Lipinski definition) is 2. The van der Waals surface area contributed by atoms with Crippen molar-refractivity contribution in [2.24, 2.45) is 0 Å². The summed E-state index contributed by atoms with van der Waals surface area (Å²) in [5.74, 6) is -1.27. The van der Waals surface area contributed by atoms with Crippen molar-refractivity contribution in [3.05, 3.63) is 28.3 Å². The molecule has 1 aromatic rings. The number of phenols is 1. The van der Waals surface area contributed by atoms with Gasteiger partial charge in [-0.15, -0.1) is 0 Å². The SMILES string of the molecule is CC(C(=O)Nc1cc([N+](=O)[O-])ccc1O)S(C)(=O)=O. The Labute approximate surface area is 109 Å².